The summed E-state index contributed by atoms with van der Waals surface area (Å²) in [6.45, 7) is 3.30. The number of carboxylic acid groups (broad SMARTS) is 1. The molecule has 0 unspecified atom stereocenters. The van der Waals surface area contributed by atoms with Gasteiger partial charge < -0.3 is 20.5 Å². The van der Waals surface area contributed by atoms with Crippen molar-refractivity contribution in [1.29, 1.82) is 0 Å². The largest absolute Gasteiger partial charge is 0.490 e. The lowest BCUT2D eigenvalue weighted by molar-refractivity contribution is -0.148. The van der Waals surface area contributed by atoms with E-state index in [1.54, 1.807) is 26.0 Å². The molecule has 1 aromatic rings. The number of anilines is 2. The Kier molecular flexibility index (Phi) is 4.06. The lowest BCUT2D eigenvalue weighted by Gasteiger charge is -2.21. The number of benzene rings is 1. The Morgan fingerprint density at radius 2 is 2.06 bits per heavy atom. The van der Waals surface area contributed by atoms with Crippen LogP contribution in [-0.4, -0.2) is 31.8 Å². The van der Waals surface area contributed by atoms with Crippen molar-refractivity contribution < 1.29 is 14.6 Å². The summed E-state index contributed by atoms with van der Waals surface area (Å²) in [7, 11) is 3.83. The molecular formula is C13H20N2O3. The second-order valence-corrected chi connectivity index (χ2v) is 5.09. The van der Waals surface area contributed by atoms with Crippen molar-refractivity contribution in [3.63, 3.8) is 0 Å². The highest BCUT2D eigenvalue weighted by atomic mass is 16.5. The summed E-state index contributed by atoms with van der Waals surface area (Å²) in [5, 5.41) is 9.01. The van der Waals surface area contributed by atoms with E-state index in [9.17, 15) is 4.79 Å². The molecule has 1 aromatic carbocycles. The Morgan fingerprint density at radius 3 is 2.56 bits per heavy atom. The first-order valence-corrected chi connectivity index (χ1v) is 5.67. The summed E-state index contributed by atoms with van der Waals surface area (Å²) >= 11 is 0. The average Bonchev–Trinajstić information content (AvgIpc) is 2.27. The van der Waals surface area contributed by atoms with Gasteiger partial charge in [-0.2, -0.15) is 0 Å². The first kappa shape index (κ1) is 14.2. The van der Waals surface area contributed by atoms with Crippen molar-refractivity contribution in [3.05, 3.63) is 18.2 Å². The van der Waals surface area contributed by atoms with Gasteiger partial charge in [0.2, 0.25) is 0 Å². The van der Waals surface area contributed by atoms with Crippen molar-refractivity contribution in [3.8, 4) is 5.75 Å². The highest BCUT2D eigenvalue weighted by Crippen LogP contribution is 2.28. The molecule has 0 spiro atoms. The van der Waals surface area contributed by atoms with Crippen LogP contribution in [0, 0.1) is 5.41 Å². The summed E-state index contributed by atoms with van der Waals surface area (Å²) in [6, 6.07) is 5.43. The van der Waals surface area contributed by atoms with Crippen LogP contribution in [0.25, 0.3) is 0 Å². The van der Waals surface area contributed by atoms with E-state index >= 15 is 0 Å². The van der Waals surface area contributed by atoms with Crippen molar-refractivity contribution in [2.45, 2.75) is 13.8 Å². The molecule has 3 N–H and O–H groups in total. The van der Waals surface area contributed by atoms with Crippen LogP contribution in [-0.2, 0) is 4.79 Å². The van der Waals surface area contributed by atoms with Crippen LogP contribution in [0.4, 0.5) is 11.4 Å². The maximum absolute atomic E-state index is 11.0. The molecule has 18 heavy (non-hydrogen) atoms. The number of carbonyl (C=O) groups is 1. The van der Waals surface area contributed by atoms with Gasteiger partial charge in [0.1, 0.15) is 12.4 Å². The topological polar surface area (TPSA) is 75.8 Å². The number of hydrogen-bond acceptors (Lipinski definition) is 4. The molecule has 5 nitrogen and oxygen atoms in total. The average molecular weight is 252 g/mol. The van der Waals surface area contributed by atoms with Crippen LogP contribution in [0.2, 0.25) is 0 Å². The van der Waals surface area contributed by atoms with E-state index in [0.29, 0.717) is 11.4 Å². The number of ether oxygens (including phenoxy) is 1. The van der Waals surface area contributed by atoms with Crippen LogP contribution in [0.3, 0.4) is 0 Å². The predicted octanol–water partition coefficient (Wildman–Crippen LogP) is 1.82. The van der Waals surface area contributed by atoms with E-state index < -0.39 is 11.4 Å². The van der Waals surface area contributed by atoms with E-state index in [0.717, 1.165) is 5.69 Å². The molecule has 0 saturated heterocycles. The van der Waals surface area contributed by atoms with E-state index in [2.05, 4.69) is 0 Å². The molecule has 0 aliphatic rings. The van der Waals surface area contributed by atoms with Gasteiger partial charge in [0.25, 0.3) is 0 Å². The molecule has 0 atom stereocenters. The molecule has 0 heterocycles. The fraction of sp³-hybridized carbons (Fsp3) is 0.462. The summed E-state index contributed by atoms with van der Waals surface area (Å²) in [5.41, 5.74) is 6.31. The maximum Gasteiger partial charge on any atom is 0.312 e. The molecule has 0 bridgehead atoms. The Labute approximate surface area is 107 Å². The van der Waals surface area contributed by atoms with Crippen molar-refractivity contribution >= 4 is 17.3 Å². The molecule has 0 radical (unpaired) electrons. The number of nitrogen functional groups attached to an aromatic ring is 1. The van der Waals surface area contributed by atoms with Gasteiger partial charge in [-0.1, -0.05) is 0 Å². The number of nitrogens with two attached hydrogens (primary N) is 1. The minimum Gasteiger partial charge on any atom is -0.490 e. The third-order valence-corrected chi connectivity index (χ3v) is 2.68. The number of nitrogens with zero attached hydrogens (tertiary/aromatic N) is 1. The summed E-state index contributed by atoms with van der Waals surface area (Å²) < 4.78 is 5.52. The van der Waals surface area contributed by atoms with Crippen LogP contribution >= 0.6 is 0 Å². The van der Waals surface area contributed by atoms with Gasteiger partial charge in [0.05, 0.1) is 11.1 Å². The number of aliphatic carboxylic acids is 1. The Balaban J connectivity index is 2.84. The maximum atomic E-state index is 11.0. The third kappa shape index (κ3) is 3.29. The Morgan fingerprint density at radius 1 is 1.44 bits per heavy atom. The molecule has 1 rings (SSSR count). The standard InChI is InChI=1S/C13H20N2O3/c1-13(2,12(16)17)8-18-11-7-9(15(3)4)5-6-10(11)14/h5-7H,8,14H2,1-4H3,(H,16,17). The summed E-state index contributed by atoms with van der Waals surface area (Å²) in [6.07, 6.45) is 0. The van der Waals surface area contributed by atoms with E-state index in [1.165, 1.54) is 0 Å². The van der Waals surface area contributed by atoms with Crippen molar-refractivity contribution in [1.82, 2.24) is 0 Å². The van der Waals surface area contributed by atoms with Gasteiger partial charge in [0.15, 0.2) is 0 Å². The zero-order chi connectivity index (χ0) is 13.9. The fourth-order valence-electron chi connectivity index (χ4n) is 1.25. The minimum absolute atomic E-state index is 0.0728. The smallest absolute Gasteiger partial charge is 0.312 e. The van der Waals surface area contributed by atoms with Gasteiger partial charge in [-0.05, 0) is 26.0 Å². The third-order valence-electron chi connectivity index (χ3n) is 2.68. The molecular weight excluding hydrogens is 232 g/mol. The van der Waals surface area contributed by atoms with Gasteiger partial charge in [-0.3, -0.25) is 4.79 Å². The molecule has 5 heteroatoms. The summed E-state index contributed by atoms with van der Waals surface area (Å²) in [4.78, 5) is 12.9. The van der Waals surface area contributed by atoms with Crippen molar-refractivity contribution in [2.75, 3.05) is 31.3 Å². The molecule has 0 aromatic heterocycles. The SMILES string of the molecule is CN(C)c1ccc(N)c(OCC(C)(C)C(=O)O)c1. The lowest BCUT2D eigenvalue weighted by atomic mass is 9.95. The van der Waals surface area contributed by atoms with Gasteiger partial charge in [0, 0.05) is 25.8 Å². The van der Waals surface area contributed by atoms with E-state index in [4.69, 9.17) is 15.6 Å². The highest BCUT2D eigenvalue weighted by Gasteiger charge is 2.28. The molecule has 100 valence electrons. The quantitative estimate of drug-likeness (QED) is 0.782. The van der Waals surface area contributed by atoms with Crippen molar-refractivity contribution in [2.24, 2.45) is 5.41 Å². The second-order valence-electron chi connectivity index (χ2n) is 5.09. The minimum atomic E-state index is -0.944. The second kappa shape index (κ2) is 5.16. The van der Waals surface area contributed by atoms with Crippen LogP contribution in [0.5, 0.6) is 5.75 Å². The molecule has 0 amide bonds. The number of rotatable bonds is 5. The molecule has 0 saturated carbocycles. The highest BCUT2D eigenvalue weighted by molar-refractivity contribution is 5.73. The van der Waals surface area contributed by atoms with Crippen LogP contribution in [0.1, 0.15) is 13.8 Å². The zero-order valence-corrected chi connectivity index (χ0v) is 11.2. The van der Waals surface area contributed by atoms with Crippen LogP contribution < -0.4 is 15.4 Å². The molecule has 0 fully saturated rings. The fourth-order valence-corrected chi connectivity index (χ4v) is 1.25. The zero-order valence-electron chi connectivity index (χ0n) is 11.2. The lowest BCUT2D eigenvalue weighted by Crippen LogP contribution is -2.30. The monoisotopic (exact) mass is 252 g/mol. The van der Waals surface area contributed by atoms with Gasteiger partial charge >= 0.3 is 5.97 Å². The first-order valence-electron chi connectivity index (χ1n) is 5.67. The van der Waals surface area contributed by atoms with E-state index in [1.807, 2.05) is 25.1 Å². The Bertz CT molecular complexity index is 442. The Hall–Kier alpha value is -1.91. The normalized spacial score (nSPS) is 11.1. The van der Waals surface area contributed by atoms with Gasteiger partial charge in [-0.15, -0.1) is 0 Å². The number of hydrogen-bond donors (Lipinski definition) is 2. The summed E-state index contributed by atoms with van der Waals surface area (Å²) in [5.74, 6) is -0.389. The predicted molar refractivity (Wildman–Crippen MR) is 72.1 cm³/mol. The molecule has 0 aliphatic heterocycles. The van der Waals surface area contributed by atoms with E-state index in [-0.39, 0.29) is 6.61 Å². The first-order chi connectivity index (χ1) is 8.24. The molecule has 0 aliphatic carbocycles. The van der Waals surface area contributed by atoms with Gasteiger partial charge in [-0.25, -0.2) is 0 Å². The number of carboxylic acids is 1. The van der Waals surface area contributed by atoms with Crippen LogP contribution in [0.15, 0.2) is 18.2 Å².